The van der Waals surface area contributed by atoms with Crippen LogP contribution < -0.4 is 5.73 Å². The second kappa shape index (κ2) is 4.28. The Bertz CT molecular complexity index is 542. The number of rotatable bonds is 2. The standard InChI is InChI=1S/C11H8ClN3O/c12-9-2-3-14-6-8(9)10-5-7(11(13)16)1-4-15-10/h1-6H,(H2,13,16). The molecule has 0 saturated heterocycles. The number of carbonyl (C=O) groups is 1. The number of carbonyl (C=O) groups excluding carboxylic acids is 1. The zero-order valence-corrected chi connectivity index (χ0v) is 8.98. The Hall–Kier alpha value is -1.94. The van der Waals surface area contributed by atoms with Crippen molar-refractivity contribution in [3.63, 3.8) is 0 Å². The quantitative estimate of drug-likeness (QED) is 0.861. The molecule has 0 atom stereocenters. The SMILES string of the molecule is NC(=O)c1ccnc(-c2cnccc2Cl)c1. The third kappa shape index (κ3) is 2.01. The summed E-state index contributed by atoms with van der Waals surface area (Å²) in [5, 5.41) is 0.532. The molecule has 4 nitrogen and oxygen atoms in total. The number of primary amides is 1. The summed E-state index contributed by atoms with van der Waals surface area (Å²) in [5.74, 6) is -0.497. The number of halogens is 1. The molecule has 0 bridgehead atoms. The Kier molecular flexibility index (Phi) is 2.83. The molecule has 0 unspecified atom stereocenters. The van der Waals surface area contributed by atoms with Crippen molar-refractivity contribution in [1.29, 1.82) is 0 Å². The van der Waals surface area contributed by atoms with Crippen LogP contribution in [-0.2, 0) is 0 Å². The lowest BCUT2D eigenvalue weighted by Gasteiger charge is -2.03. The van der Waals surface area contributed by atoms with Crippen molar-refractivity contribution in [2.45, 2.75) is 0 Å². The van der Waals surface area contributed by atoms with Crippen molar-refractivity contribution >= 4 is 17.5 Å². The van der Waals surface area contributed by atoms with E-state index in [0.29, 0.717) is 21.8 Å². The van der Waals surface area contributed by atoms with Crippen LogP contribution in [0.2, 0.25) is 5.02 Å². The first-order chi connectivity index (χ1) is 7.68. The van der Waals surface area contributed by atoms with Crippen LogP contribution in [0.15, 0.2) is 36.8 Å². The highest BCUT2D eigenvalue weighted by Crippen LogP contribution is 2.25. The topological polar surface area (TPSA) is 68.9 Å². The highest BCUT2D eigenvalue weighted by atomic mass is 35.5. The van der Waals surface area contributed by atoms with E-state index in [0.717, 1.165) is 0 Å². The fourth-order valence-corrected chi connectivity index (χ4v) is 1.50. The van der Waals surface area contributed by atoms with Gasteiger partial charge in [0.2, 0.25) is 5.91 Å². The van der Waals surface area contributed by atoms with E-state index in [4.69, 9.17) is 17.3 Å². The average Bonchev–Trinajstić information content (AvgIpc) is 2.30. The highest BCUT2D eigenvalue weighted by Gasteiger charge is 2.07. The van der Waals surface area contributed by atoms with E-state index in [1.54, 1.807) is 30.6 Å². The first-order valence-corrected chi connectivity index (χ1v) is 4.92. The molecule has 80 valence electrons. The van der Waals surface area contributed by atoms with Gasteiger partial charge < -0.3 is 5.73 Å². The van der Waals surface area contributed by atoms with E-state index < -0.39 is 5.91 Å². The molecule has 0 aliphatic heterocycles. The predicted octanol–water partition coefficient (Wildman–Crippen LogP) is 1.90. The maximum atomic E-state index is 11.0. The molecule has 0 aliphatic rings. The van der Waals surface area contributed by atoms with Gasteiger partial charge >= 0.3 is 0 Å². The molecule has 5 heteroatoms. The summed E-state index contributed by atoms with van der Waals surface area (Å²) in [5.41, 5.74) is 6.83. The van der Waals surface area contributed by atoms with E-state index in [1.165, 1.54) is 6.20 Å². The van der Waals surface area contributed by atoms with Crippen LogP contribution in [0.5, 0.6) is 0 Å². The molecule has 2 N–H and O–H groups in total. The van der Waals surface area contributed by atoms with E-state index >= 15 is 0 Å². The molecule has 0 aromatic carbocycles. The average molecular weight is 234 g/mol. The van der Waals surface area contributed by atoms with E-state index in [1.807, 2.05) is 0 Å². The maximum Gasteiger partial charge on any atom is 0.248 e. The molecule has 0 spiro atoms. The van der Waals surface area contributed by atoms with E-state index in [9.17, 15) is 4.79 Å². The zero-order chi connectivity index (χ0) is 11.5. The first-order valence-electron chi connectivity index (χ1n) is 4.54. The number of hydrogen-bond acceptors (Lipinski definition) is 3. The summed E-state index contributed by atoms with van der Waals surface area (Å²) in [4.78, 5) is 19.1. The summed E-state index contributed by atoms with van der Waals surface area (Å²) < 4.78 is 0. The maximum absolute atomic E-state index is 11.0. The number of nitrogens with zero attached hydrogens (tertiary/aromatic N) is 2. The van der Waals surface area contributed by atoms with Gasteiger partial charge in [0.25, 0.3) is 0 Å². The lowest BCUT2D eigenvalue weighted by atomic mass is 10.1. The molecule has 16 heavy (non-hydrogen) atoms. The van der Waals surface area contributed by atoms with Gasteiger partial charge in [0.05, 0.1) is 10.7 Å². The monoisotopic (exact) mass is 233 g/mol. The second-order valence-corrected chi connectivity index (χ2v) is 3.56. The van der Waals surface area contributed by atoms with Crippen LogP contribution >= 0.6 is 11.6 Å². The molecule has 2 heterocycles. The number of pyridine rings is 2. The van der Waals surface area contributed by atoms with Crippen molar-refractivity contribution in [2.24, 2.45) is 5.73 Å². The van der Waals surface area contributed by atoms with Crippen molar-refractivity contribution in [2.75, 3.05) is 0 Å². The van der Waals surface area contributed by atoms with Crippen LogP contribution in [0.25, 0.3) is 11.3 Å². The van der Waals surface area contributed by atoms with E-state index in [2.05, 4.69) is 9.97 Å². The molecule has 2 aromatic rings. The third-order valence-electron chi connectivity index (χ3n) is 2.09. The van der Waals surface area contributed by atoms with Gasteiger partial charge in [0.1, 0.15) is 0 Å². The first kappa shape index (κ1) is 10.6. The number of amides is 1. The van der Waals surface area contributed by atoms with Gasteiger partial charge in [-0.25, -0.2) is 0 Å². The smallest absolute Gasteiger partial charge is 0.248 e. The Balaban J connectivity index is 2.53. The predicted molar refractivity (Wildman–Crippen MR) is 61.0 cm³/mol. The zero-order valence-electron chi connectivity index (χ0n) is 8.22. The van der Waals surface area contributed by atoms with Crippen LogP contribution in [0.4, 0.5) is 0 Å². The van der Waals surface area contributed by atoms with Gasteiger partial charge in [-0.15, -0.1) is 0 Å². The van der Waals surface area contributed by atoms with Gasteiger partial charge in [-0.3, -0.25) is 14.8 Å². The number of aromatic nitrogens is 2. The van der Waals surface area contributed by atoms with Crippen molar-refractivity contribution in [3.8, 4) is 11.3 Å². The third-order valence-corrected chi connectivity index (χ3v) is 2.42. The largest absolute Gasteiger partial charge is 0.366 e. The molecular formula is C11H8ClN3O. The van der Waals surface area contributed by atoms with Crippen molar-refractivity contribution in [3.05, 3.63) is 47.4 Å². The van der Waals surface area contributed by atoms with Crippen molar-refractivity contribution in [1.82, 2.24) is 9.97 Å². The molecular weight excluding hydrogens is 226 g/mol. The van der Waals surface area contributed by atoms with Crippen LogP contribution in [0, 0.1) is 0 Å². The van der Waals surface area contributed by atoms with Gasteiger partial charge in [0, 0.05) is 29.7 Å². The van der Waals surface area contributed by atoms with Gasteiger partial charge in [-0.2, -0.15) is 0 Å². The Morgan fingerprint density at radius 2 is 2.12 bits per heavy atom. The van der Waals surface area contributed by atoms with Gasteiger partial charge in [-0.05, 0) is 18.2 Å². The Morgan fingerprint density at radius 3 is 2.81 bits per heavy atom. The minimum absolute atomic E-state index is 0.393. The molecule has 2 aromatic heterocycles. The van der Waals surface area contributed by atoms with Crippen LogP contribution in [0.1, 0.15) is 10.4 Å². The minimum Gasteiger partial charge on any atom is -0.366 e. The Morgan fingerprint density at radius 1 is 1.31 bits per heavy atom. The highest BCUT2D eigenvalue weighted by molar-refractivity contribution is 6.33. The summed E-state index contributed by atoms with van der Waals surface area (Å²) in [6, 6.07) is 4.80. The fraction of sp³-hybridized carbons (Fsp3) is 0. The molecule has 0 radical (unpaired) electrons. The van der Waals surface area contributed by atoms with Gasteiger partial charge in [-0.1, -0.05) is 11.6 Å². The van der Waals surface area contributed by atoms with E-state index in [-0.39, 0.29) is 0 Å². The van der Waals surface area contributed by atoms with Crippen LogP contribution in [0.3, 0.4) is 0 Å². The fourth-order valence-electron chi connectivity index (χ4n) is 1.30. The second-order valence-electron chi connectivity index (χ2n) is 3.15. The molecule has 0 aliphatic carbocycles. The summed E-state index contributed by atoms with van der Waals surface area (Å²) in [6.45, 7) is 0. The molecule has 0 saturated carbocycles. The molecule has 2 rings (SSSR count). The number of hydrogen-bond donors (Lipinski definition) is 1. The normalized spacial score (nSPS) is 10.1. The lowest BCUT2D eigenvalue weighted by Crippen LogP contribution is -2.11. The van der Waals surface area contributed by atoms with Crippen molar-refractivity contribution < 1.29 is 4.79 Å². The number of nitrogens with two attached hydrogens (primary N) is 1. The van der Waals surface area contributed by atoms with Crippen LogP contribution in [-0.4, -0.2) is 15.9 Å². The summed E-state index contributed by atoms with van der Waals surface area (Å²) in [7, 11) is 0. The molecule has 1 amide bonds. The Labute approximate surface area is 97.1 Å². The minimum atomic E-state index is -0.497. The summed E-state index contributed by atoms with van der Waals surface area (Å²) in [6.07, 6.45) is 4.69. The molecule has 0 fully saturated rings. The summed E-state index contributed by atoms with van der Waals surface area (Å²) >= 11 is 5.99. The van der Waals surface area contributed by atoms with Gasteiger partial charge in [0.15, 0.2) is 0 Å². The lowest BCUT2D eigenvalue weighted by molar-refractivity contribution is 0.1000.